The zero-order valence-electron chi connectivity index (χ0n) is 11.1. The minimum Gasteiger partial charge on any atom is -0.384 e. The number of halogens is 2. The molecule has 5 heteroatoms. The summed E-state index contributed by atoms with van der Waals surface area (Å²) in [4.78, 5) is 0.680. The fraction of sp³-hybridized carbons (Fsp3) is 0.133. The first-order valence-electron chi connectivity index (χ1n) is 5.97. The smallest absolute Gasteiger partial charge is 0.140 e. The number of nitrogen functional groups attached to an aromatic ring is 1. The topological polar surface area (TPSA) is 49.9 Å². The number of benzene rings is 2. The Morgan fingerprint density at radius 2 is 1.65 bits per heavy atom. The third-order valence-corrected chi connectivity index (χ3v) is 4.09. The standard InChI is InChI=1S/C15H14F2N2S/c1-8-3-4-11(5-9(8)2)20-14-12(16)6-10(15(18)19)7-13(14)17/h3-7H,1-2H3,(H3,18,19). The van der Waals surface area contributed by atoms with Crippen LogP contribution in [0.25, 0.3) is 0 Å². The van der Waals surface area contributed by atoms with Crippen LogP contribution in [-0.4, -0.2) is 5.84 Å². The molecule has 0 aliphatic carbocycles. The first-order valence-corrected chi connectivity index (χ1v) is 6.78. The van der Waals surface area contributed by atoms with E-state index in [-0.39, 0.29) is 16.3 Å². The van der Waals surface area contributed by atoms with Crippen LogP contribution in [0.5, 0.6) is 0 Å². The number of nitrogens with two attached hydrogens (primary N) is 1. The van der Waals surface area contributed by atoms with E-state index >= 15 is 0 Å². The summed E-state index contributed by atoms with van der Waals surface area (Å²) in [7, 11) is 0. The summed E-state index contributed by atoms with van der Waals surface area (Å²) in [5.41, 5.74) is 7.47. The number of aryl methyl sites for hydroxylation is 2. The molecular formula is C15H14F2N2S. The molecule has 20 heavy (non-hydrogen) atoms. The van der Waals surface area contributed by atoms with Crippen LogP contribution in [-0.2, 0) is 0 Å². The Balaban J connectivity index is 2.38. The van der Waals surface area contributed by atoms with Gasteiger partial charge in [0.15, 0.2) is 0 Å². The highest BCUT2D eigenvalue weighted by atomic mass is 32.2. The zero-order valence-corrected chi connectivity index (χ0v) is 11.9. The van der Waals surface area contributed by atoms with Crippen molar-refractivity contribution in [1.82, 2.24) is 0 Å². The highest BCUT2D eigenvalue weighted by molar-refractivity contribution is 7.99. The van der Waals surface area contributed by atoms with Crippen LogP contribution in [0.2, 0.25) is 0 Å². The van der Waals surface area contributed by atoms with Crippen LogP contribution in [0.15, 0.2) is 40.1 Å². The molecule has 0 aliphatic heterocycles. The van der Waals surface area contributed by atoms with Gasteiger partial charge in [0, 0.05) is 10.5 Å². The molecule has 0 saturated carbocycles. The Kier molecular flexibility index (Phi) is 4.09. The zero-order chi connectivity index (χ0) is 14.9. The van der Waals surface area contributed by atoms with Crippen molar-refractivity contribution < 1.29 is 8.78 Å². The number of amidine groups is 1. The molecule has 0 aromatic heterocycles. The Morgan fingerprint density at radius 3 is 2.15 bits per heavy atom. The molecule has 0 bridgehead atoms. The van der Waals surface area contributed by atoms with E-state index in [9.17, 15) is 8.78 Å². The molecule has 0 radical (unpaired) electrons. The monoisotopic (exact) mass is 292 g/mol. The largest absolute Gasteiger partial charge is 0.384 e. The molecule has 2 nitrogen and oxygen atoms in total. The van der Waals surface area contributed by atoms with E-state index in [0.717, 1.165) is 39.9 Å². The Morgan fingerprint density at radius 1 is 1.05 bits per heavy atom. The van der Waals surface area contributed by atoms with Crippen LogP contribution in [0.4, 0.5) is 8.78 Å². The lowest BCUT2D eigenvalue weighted by molar-refractivity contribution is 0.540. The summed E-state index contributed by atoms with van der Waals surface area (Å²) < 4.78 is 27.8. The highest BCUT2D eigenvalue weighted by Gasteiger charge is 2.14. The first-order chi connectivity index (χ1) is 9.38. The predicted octanol–water partition coefficient (Wildman–Crippen LogP) is 4.02. The molecule has 0 unspecified atom stereocenters. The number of hydrogen-bond acceptors (Lipinski definition) is 2. The molecule has 2 rings (SSSR count). The second-order valence-corrected chi connectivity index (χ2v) is 5.61. The van der Waals surface area contributed by atoms with E-state index in [1.165, 1.54) is 0 Å². The van der Waals surface area contributed by atoms with Crippen LogP contribution in [0, 0.1) is 30.9 Å². The Hall–Kier alpha value is -1.88. The fourth-order valence-electron chi connectivity index (χ4n) is 1.71. The SMILES string of the molecule is Cc1ccc(Sc2c(F)cc(C(=N)N)cc2F)cc1C. The van der Waals surface area contributed by atoms with Crippen molar-refractivity contribution in [1.29, 1.82) is 5.41 Å². The van der Waals surface area contributed by atoms with Gasteiger partial charge in [-0.05, 0) is 49.2 Å². The van der Waals surface area contributed by atoms with E-state index in [2.05, 4.69) is 0 Å². The minimum atomic E-state index is -0.710. The normalized spacial score (nSPS) is 10.6. The summed E-state index contributed by atoms with van der Waals surface area (Å²) >= 11 is 1.02. The first kappa shape index (κ1) is 14.5. The average molecular weight is 292 g/mol. The maximum absolute atomic E-state index is 13.9. The molecule has 2 aromatic rings. The lowest BCUT2D eigenvalue weighted by Crippen LogP contribution is -2.12. The predicted molar refractivity (Wildman–Crippen MR) is 77.4 cm³/mol. The molecule has 0 heterocycles. The van der Waals surface area contributed by atoms with Crippen LogP contribution in [0.3, 0.4) is 0 Å². The summed E-state index contributed by atoms with van der Waals surface area (Å²) in [6.07, 6.45) is 0. The van der Waals surface area contributed by atoms with Gasteiger partial charge in [-0.2, -0.15) is 0 Å². The van der Waals surface area contributed by atoms with Gasteiger partial charge in [-0.15, -0.1) is 0 Å². The molecule has 0 saturated heterocycles. The molecule has 0 amide bonds. The molecule has 104 valence electrons. The lowest BCUT2D eigenvalue weighted by atomic mass is 10.1. The maximum Gasteiger partial charge on any atom is 0.140 e. The highest BCUT2D eigenvalue weighted by Crippen LogP contribution is 2.33. The van der Waals surface area contributed by atoms with E-state index in [0.29, 0.717) is 0 Å². The van der Waals surface area contributed by atoms with Crippen molar-refractivity contribution in [2.24, 2.45) is 5.73 Å². The maximum atomic E-state index is 13.9. The molecule has 2 aromatic carbocycles. The van der Waals surface area contributed by atoms with Crippen molar-refractivity contribution >= 4 is 17.6 Å². The van der Waals surface area contributed by atoms with Gasteiger partial charge in [0.05, 0.1) is 4.90 Å². The quantitative estimate of drug-likeness (QED) is 0.663. The molecule has 3 N–H and O–H groups in total. The summed E-state index contributed by atoms with van der Waals surface area (Å²) in [6, 6.07) is 7.78. The Bertz CT molecular complexity index is 661. The number of rotatable bonds is 3. The second-order valence-electron chi connectivity index (χ2n) is 4.53. The second kappa shape index (κ2) is 5.63. The molecular weight excluding hydrogens is 278 g/mol. The van der Waals surface area contributed by atoms with Crippen LogP contribution >= 0.6 is 11.8 Å². The van der Waals surface area contributed by atoms with Crippen molar-refractivity contribution in [3.8, 4) is 0 Å². The van der Waals surface area contributed by atoms with Crippen LogP contribution in [0.1, 0.15) is 16.7 Å². The molecule has 0 fully saturated rings. The van der Waals surface area contributed by atoms with Gasteiger partial charge < -0.3 is 5.73 Å². The molecule has 0 aliphatic rings. The van der Waals surface area contributed by atoms with Gasteiger partial charge in [0.25, 0.3) is 0 Å². The van der Waals surface area contributed by atoms with Gasteiger partial charge in [0.2, 0.25) is 0 Å². The summed E-state index contributed by atoms with van der Waals surface area (Å²) in [5, 5.41) is 7.21. The third kappa shape index (κ3) is 2.99. The summed E-state index contributed by atoms with van der Waals surface area (Å²) in [5.74, 6) is -1.78. The van der Waals surface area contributed by atoms with Gasteiger partial charge in [-0.1, -0.05) is 17.8 Å². The van der Waals surface area contributed by atoms with E-state index < -0.39 is 11.6 Å². The number of hydrogen-bond donors (Lipinski definition) is 2. The lowest BCUT2D eigenvalue weighted by Gasteiger charge is -2.08. The van der Waals surface area contributed by atoms with Crippen molar-refractivity contribution in [3.63, 3.8) is 0 Å². The average Bonchev–Trinajstić information content (AvgIpc) is 2.37. The van der Waals surface area contributed by atoms with Gasteiger partial charge in [-0.3, -0.25) is 5.41 Å². The van der Waals surface area contributed by atoms with E-state index in [4.69, 9.17) is 11.1 Å². The summed E-state index contributed by atoms with van der Waals surface area (Å²) in [6.45, 7) is 3.93. The van der Waals surface area contributed by atoms with Gasteiger partial charge in [-0.25, -0.2) is 8.78 Å². The van der Waals surface area contributed by atoms with Crippen molar-refractivity contribution in [2.75, 3.05) is 0 Å². The Labute approximate surface area is 120 Å². The van der Waals surface area contributed by atoms with Gasteiger partial charge >= 0.3 is 0 Å². The minimum absolute atomic E-state index is 0.0458. The van der Waals surface area contributed by atoms with Crippen molar-refractivity contribution in [2.45, 2.75) is 23.6 Å². The number of nitrogens with one attached hydrogen (secondary N) is 1. The van der Waals surface area contributed by atoms with Gasteiger partial charge in [0.1, 0.15) is 17.5 Å². The van der Waals surface area contributed by atoms with Crippen LogP contribution < -0.4 is 5.73 Å². The third-order valence-electron chi connectivity index (χ3n) is 3.01. The molecule has 0 atom stereocenters. The fourth-order valence-corrected chi connectivity index (χ4v) is 2.63. The molecule has 0 spiro atoms. The van der Waals surface area contributed by atoms with Crippen molar-refractivity contribution in [3.05, 3.63) is 58.7 Å². The van der Waals surface area contributed by atoms with E-state index in [1.807, 2.05) is 32.0 Å². The van der Waals surface area contributed by atoms with E-state index in [1.54, 1.807) is 0 Å².